The summed E-state index contributed by atoms with van der Waals surface area (Å²) in [5.74, 6) is 0. The highest BCUT2D eigenvalue weighted by Gasteiger charge is 2.31. The van der Waals surface area contributed by atoms with Crippen LogP contribution in [-0.4, -0.2) is 34.4 Å². The van der Waals surface area contributed by atoms with Crippen LogP contribution in [0.5, 0.6) is 0 Å². The van der Waals surface area contributed by atoms with Crippen LogP contribution in [0.2, 0.25) is 0 Å². The van der Waals surface area contributed by atoms with E-state index in [1.807, 2.05) is 11.8 Å². The van der Waals surface area contributed by atoms with Crippen molar-refractivity contribution in [2.75, 3.05) is 6.61 Å². The molecule has 0 aromatic rings. The Morgan fingerprint density at radius 3 is 2.57 bits per heavy atom. The topological polar surface area (TPSA) is 29.5 Å². The maximum absolute atomic E-state index is 9.85. The summed E-state index contributed by atoms with van der Waals surface area (Å²) >= 11 is 1.97. The van der Waals surface area contributed by atoms with Crippen molar-refractivity contribution in [3.8, 4) is 0 Å². The molecule has 2 rings (SSSR count). The fourth-order valence-electron chi connectivity index (χ4n) is 2.35. The quantitative estimate of drug-likeness (QED) is 0.767. The molecular formula is C11H20O2S. The van der Waals surface area contributed by atoms with Crippen LogP contribution in [0.1, 0.15) is 39.0 Å². The highest BCUT2D eigenvalue weighted by Crippen LogP contribution is 2.36. The highest BCUT2D eigenvalue weighted by molar-refractivity contribution is 8.00. The third-order valence-corrected chi connectivity index (χ3v) is 5.19. The molecule has 0 spiro atoms. The van der Waals surface area contributed by atoms with Crippen LogP contribution in [0.4, 0.5) is 0 Å². The second-order valence-corrected chi connectivity index (χ2v) is 5.91. The predicted molar refractivity (Wildman–Crippen MR) is 59.7 cm³/mol. The highest BCUT2D eigenvalue weighted by atomic mass is 32.2. The Kier molecular flexibility index (Phi) is 3.74. The first kappa shape index (κ1) is 10.8. The average molecular weight is 216 g/mol. The largest absolute Gasteiger partial charge is 0.392 e. The zero-order valence-corrected chi connectivity index (χ0v) is 9.63. The monoisotopic (exact) mass is 216 g/mol. The van der Waals surface area contributed by atoms with Crippen LogP contribution in [0.25, 0.3) is 0 Å². The summed E-state index contributed by atoms with van der Waals surface area (Å²) in [6.45, 7) is 3.06. The van der Waals surface area contributed by atoms with Gasteiger partial charge in [-0.15, -0.1) is 11.8 Å². The second kappa shape index (κ2) is 4.86. The normalized spacial score (nSPS) is 44.1. The van der Waals surface area contributed by atoms with E-state index in [9.17, 15) is 5.11 Å². The van der Waals surface area contributed by atoms with E-state index in [0.717, 1.165) is 19.4 Å². The number of thioether (sulfide) groups is 1. The van der Waals surface area contributed by atoms with Gasteiger partial charge in [-0.1, -0.05) is 12.8 Å². The fraction of sp³-hybridized carbons (Fsp3) is 1.00. The van der Waals surface area contributed by atoms with Crippen molar-refractivity contribution in [3.63, 3.8) is 0 Å². The molecule has 1 aliphatic carbocycles. The third kappa shape index (κ3) is 2.44. The fourth-order valence-corrected chi connectivity index (χ4v) is 3.95. The van der Waals surface area contributed by atoms with Gasteiger partial charge in [0.1, 0.15) is 0 Å². The molecule has 2 aliphatic rings. The van der Waals surface area contributed by atoms with Crippen molar-refractivity contribution in [2.45, 2.75) is 61.7 Å². The lowest BCUT2D eigenvalue weighted by Crippen LogP contribution is -2.30. The molecule has 0 bridgehead atoms. The first-order valence-electron chi connectivity index (χ1n) is 5.72. The molecule has 2 fully saturated rings. The summed E-state index contributed by atoms with van der Waals surface area (Å²) in [4.78, 5) is 0. The van der Waals surface area contributed by atoms with Crippen molar-refractivity contribution < 1.29 is 9.84 Å². The van der Waals surface area contributed by atoms with Gasteiger partial charge in [0.2, 0.25) is 0 Å². The summed E-state index contributed by atoms with van der Waals surface area (Å²) in [6.07, 6.45) is 6.16. The molecule has 1 saturated carbocycles. The maximum atomic E-state index is 9.85. The Bertz CT molecular complexity index is 186. The Hall–Kier alpha value is 0.270. The Morgan fingerprint density at radius 1 is 1.14 bits per heavy atom. The SMILES string of the molecule is CC1OCCC1S[C@H]1CCCC[C@@H]1O. The van der Waals surface area contributed by atoms with Crippen molar-refractivity contribution in [3.05, 3.63) is 0 Å². The molecule has 0 aromatic heterocycles. The minimum Gasteiger partial charge on any atom is -0.392 e. The molecule has 82 valence electrons. The van der Waals surface area contributed by atoms with Gasteiger partial charge >= 0.3 is 0 Å². The molecule has 2 nitrogen and oxygen atoms in total. The van der Waals surface area contributed by atoms with Gasteiger partial charge in [0.25, 0.3) is 0 Å². The van der Waals surface area contributed by atoms with Gasteiger partial charge < -0.3 is 9.84 Å². The lowest BCUT2D eigenvalue weighted by molar-refractivity contribution is 0.125. The first-order valence-corrected chi connectivity index (χ1v) is 6.67. The van der Waals surface area contributed by atoms with Crippen LogP contribution in [-0.2, 0) is 4.74 Å². The van der Waals surface area contributed by atoms with E-state index in [0.29, 0.717) is 16.6 Å². The smallest absolute Gasteiger partial charge is 0.0666 e. The first-order chi connectivity index (χ1) is 6.77. The summed E-state index contributed by atoms with van der Waals surface area (Å²) in [7, 11) is 0. The van der Waals surface area contributed by atoms with Crippen molar-refractivity contribution in [1.29, 1.82) is 0 Å². The summed E-state index contributed by atoms with van der Waals surface area (Å²) in [5.41, 5.74) is 0. The molecule has 1 N–H and O–H groups in total. The van der Waals surface area contributed by atoms with Gasteiger partial charge in [-0.25, -0.2) is 0 Å². The minimum absolute atomic E-state index is 0.0680. The van der Waals surface area contributed by atoms with Crippen LogP contribution in [0.15, 0.2) is 0 Å². The number of ether oxygens (including phenoxy) is 1. The van der Waals surface area contributed by atoms with Gasteiger partial charge in [0.15, 0.2) is 0 Å². The number of hydrogen-bond acceptors (Lipinski definition) is 3. The summed E-state index contributed by atoms with van der Waals surface area (Å²) in [6, 6.07) is 0. The standard InChI is InChI=1S/C11H20O2S/c1-8-10(6-7-13-8)14-11-5-3-2-4-9(11)12/h8-12H,2-7H2,1H3/t8?,9-,10?,11-/m0/s1. The molecule has 3 heteroatoms. The second-order valence-electron chi connectivity index (χ2n) is 4.43. The van der Waals surface area contributed by atoms with Crippen LogP contribution in [0.3, 0.4) is 0 Å². The van der Waals surface area contributed by atoms with E-state index in [-0.39, 0.29) is 6.10 Å². The summed E-state index contributed by atoms with van der Waals surface area (Å²) in [5, 5.41) is 10.9. The number of aliphatic hydroxyl groups is 1. The molecule has 1 aliphatic heterocycles. The molecule has 0 aromatic carbocycles. The van der Waals surface area contributed by atoms with E-state index < -0.39 is 0 Å². The zero-order chi connectivity index (χ0) is 9.97. The molecule has 14 heavy (non-hydrogen) atoms. The molecule has 4 atom stereocenters. The van der Waals surface area contributed by atoms with E-state index in [1.54, 1.807) is 0 Å². The van der Waals surface area contributed by atoms with Crippen molar-refractivity contribution in [1.82, 2.24) is 0 Å². The van der Waals surface area contributed by atoms with Crippen LogP contribution < -0.4 is 0 Å². The molecule has 0 radical (unpaired) electrons. The van der Waals surface area contributed by atoms with Gasteiger partial charge in [0.05, 0.1) is 12.2 Å². The Morgan fingerprint density at radius 2 is 1.93 bits per heavy atom. The number of aliphatic hydroxyl groups excluding tert-OH is 1. The van der Waals surface area contributed by atoms with E-state index in [1.165, 1.54) is 19.3 Å². The van der Waals surface area contributed by atoms with E-state index >= 15 is 0 Å². The molecular weight excluding hydrogens is 196 g/mol. The molecule has 1 heterocycles. The van der Waals surface area contributed by atoms with E-state index in [4.69, 9.17) is 4.74 Å². The predicted octanol–water partition coefficient (Wildman–Crippen LogP) is 2.20. The average Bonchev–Trinajstić information content (AvgIpc) is 2.56. The maximum Gasteiger partial charge on any atom is 0.0666 e. The van der Waals surface area contributed by atoms with Crippen molar-refractivity contribution >= 4 is 11.8 Å². The molecule has 0 amide bonds. The van der Waals surface area contributed by atoms with E-state index in [2.05, 4.69) is 6.92 Å². The zero-order valence-electron chi connectivity index (χ0n) is 8.82. The lowest BCUT2D eigenvalue weighted by atomic mass is 9.97. The Balaban J connectivity index is 1.83. The van der Waals surface area contributed by atoms with Gasteiger partial charge in [-0.2, -0.15) is 0 Å². The molecule has 2 unspecified atom stereocenters. The van der Waals surface area contributed by atoms with Gasteiger partial charge in [-0.05, 0) is 26.2 Å². The van der Waals surface area contributed by atoms with Crippen molar-refractivity contribution in [2.24, 2.45) is 0 Å². The third-order valence-electron chi connectivity index (χ3n) is 3.32. The Labute approximate surface area is 90.4 Å². The number of rotatable bonds is 2. The lowest BCUT2D eigenvalue weighted by Gasteiger charge is -2.29. The van der Waals surface area contributed by atoms with Gasteiger partial charge in [-0.3, -0.25) is 0 Å². The molecule has 1 saturated heterocycles. The van der Waals surface area contributed by atoms with Crippen LogP contribution in [0, 0.1) is 0 Å². The number of hydrogen-bond donors (Lipinski definition) is 1. The minimum atomic E-state index is -0.0680. The summed E-state index contributed by atoms with van der Waals surface area (Å²) < 4.78 is 5.54. The van der Waals surface area contributed by atoms with Crippen LogP contribution >= 0.6 is 11.8 Å². The van der Waals surface area contributed by atoms with Gasteiger partial charge in [0, 0.05) is 17.1 Å².